The molecule has 0 radical (unpaired) electrons. The van der Waals surface area contributed by atoms with E-state index in [-0.39, 0.29) is 17.2 Å². The molecule has 0 bridgehead atoms. The number of nitrogens with zero attached hydrogens (tertiary/aromatic N) is 1. The van der Waals surface area contributed by atoms with E-state index in [2.05, 4.69) is 10.3 Å². The molecule has 1 unspecified atom stereocenters. The van der Waals surface area contributed by atoms with Crippen LogP contribution in [0.25, 0.3) is 0 Å². The monoisotopic (exact) mass is 256 g/mol. The molecule has 0 saturated carbocycles. The Morgan fingerprint density at radius 3 is 2.88 bits per heavy atom. The molecule has 92 valence electrons. The number of hydrogen-bond donors (Lipinski definition) is 1. The number of carbonyl (C=O) groups is 2. The van der Waals surface area contributed by atoms with Crippen LogP contribution in [-0.2, 0) is 9.53 Å². The molecular formula is C11H13ClN2O3. The lowest BCUT2D eigenvalue weighted by Gasteiger charge is -2.12. The Hall–Kier alpha value is -1.62. The van der Waals surface area contributed by atoms with Crippen LogP contribution in [0.5, 0.6) is 0 Å². The summed E-state index contributed by atoms with van der Waals surface area (Å²) in [4.78, 5) is 26.8. The fourth-order valence-electron chi connectivity index (χ4n) is 1.15. The van der Waals surface area contributed by atoms with Crippen molar-refractivity contribution in [2.45, 2.75) is 19.9 Å². The minimum atomic E-state index is -0.723. The smallest absolute Gasteiger partial charge is 0.328 e. The average molecular weight is 257 g/mol. The zero-order valence-electron chi connectivity index (χ0n) is 9.57. The van der Waals surface area contributed by atoms with Gasteiger partial charge >= 0.3 is 5.97 Å². The molecule has 1 atom stereocenters. The van der Waals surface area contributed by atoms with Gasteiger partial charge in [0.2, 0.25) is 0 Å². The Morgan fingerprint density at radius 2 is 2.29 bits per heavy atom. The first kappa shape index (κ1) is 13.4. The molecule has 1 amide bonds. The lowest BCUT2D eigenvalue weighted by molar-refractivity contribution is -0.144. The van der Waals surface area contributed by atoms with Crippen LogP contribution in [0.1, 0.15) is 24.2 Å². The summed E-state index contributed by atoms with van der Waals surface area (Å²) in [6.45, 7) is 3.51. The molecule has 1 aromatic heterocycles. The molecule has 1 aromatic rings. The Labute approximate surface area is 104 Å². The van der Waals surface area contributed by atoms with Gasteiger partial charge in [-0.2, -0.15) is 0 Å². The van der Waals surface area contributed by atoms with Crippen molar-refractivity contribution in [2.24, 2.45) is 0 Å². The van der Waals surface area contributed by atoms with Crippen molar-refractivity contribution in [1.29, 1.82) is 0 Å². The molecule has 6 heteroatoms. The number of halogens is 1. The van der Waals surface area contributed by atoms with Gasteiger partial charge in [0.1, 0.15) is 6.04 Å². The number of aromatic nitrogens is 1. The van der Waals surface area contributed by atoms with Crippen LogP contribution in [-0.4, -0.2) is 29.5 Å². The summed E-state index contributed by atoms with van der Waals surface area (Å²) >= 11 is 5.83. The summed E-state index contributed by atoms with van der Waals surface area (Å²) in [5.41, 5.74) is 0.227. The normalized spacial score (nSPS) is 11.7. The first-order valence-electron chi connectivity index (χ1n) is 5.13. The van der Waals surface area contributed by atoms with Crippen LogP contribution in [0, 0.1) is 0 Å². The van der Waals surface area contributed by atoms with E-state index in [1.807, 2.05) is 0 Å². The molecule has 1 N–H and O–H groups in total. The van der Waals surface area contributed by atoms with Gasteiger partial charge in [0.05, 0.1) is 17.2 Å². The van der Waals surface area contributed by atoms with Gasteiger partial charge in [-0.05, 0) is 19.9 Å². The lowest BCUT2D eigenvalue weighted by atomic mass is 10.2. The largest absolute Gasteiger partial charge is 0.464 e. The molecule has 5 nitrogen and oxygen atoms in total. The van der Waals surface area contributed by atoms with E-state index in [9.17, 15) is 9.59 Å². The van der Waals surface area contributed by atoms with Gasteiger partial charge in [0.15, 0.2) is 0 Å². The van der Waals surface area contributed by atoms with Crippen LogP contribution in [0.4, 0.5) is 0 Å². The molecule has 0 spiro atoms. The SMILES string of the molecule is CCOC(=O)C(C)NC(=O)c1cnccc1Cl. The third-order valence-corrected chi connectivity index (χ3v) is 2.33. The topological polar surface area (TPSA) is 68.3 Å². The highest BCUT2D eigenvalue weighted by Crippen LogP contribution is 2.13. The molecule has 17 heavy (non-hydrogen) atoms. The first-order chi connectivity index (χ1) is 8.06. The molecule has 0 saturated heterocycles. The predicted molar refractivity (Wildman–Crippen MR) is 62.8 cm³/mol. The highest BCUT2D eigenvalue weighted by Gasteiger charge is 2.18. The van der Waals surface area contributed by atoms with Gasteiger partial charge in [0.25, 0.3) is 5.91 Å². The molecular weight excluding hydrogens is 244 g/mol. The number of pyridine rings is 1. The molecule has 0 aliphatic rings. The number of hydrogen-bond acceptors (Lipinski definition) is 4. The number of ether oxygens (including phenoxy) is 1. The number of rotatable bonds is 4. The van der Waals surface area contributed by atoms with Crippen LogP contribution < -0.4 is 5.32 Å². The number of nitrogens with one attached hydrogen (secondary N) is 1. The van der Waals surface area contributed by atoms with E-state index in [1.165, 1.54) is 18.5 Å². The van der Waals surface area contributed by atoms with Crippen molar-refractivity contribution in [2.75, 3.05) is 6.61 Å². The van der Waals surface area contributed by atoms with Crippen molar-refractivity contribution in [3.05, 3.63) is 29.0 Å². The minimum absolute atomic E-state index is 0.227. The summed E-state index contributed by atoms with van der Waals surface area (Å²) in [6.07, 6.45) is 2.82. The fourth-order valence-corrected chi connectivity index (χ4v) is 1.34. The maximum absolute atomic E-state index is 11.7. The fraction of sp³-hybridized carbons (Fsp3) is 0.364. The Morgan fingerprint density at radius 1 is 1.59 bits per heavy atom. The maximum Gasteiger partial charge on any atom is 0.328 e. The third-order valence-electron chi connectivity index (χ3n) is 2.00. The van der Waals surface area contributed by atoms with E-state index >= 15 is 0 Å². The van der Waals surface area contributed by atoms with Gasteiger partial charge < -0.3 is 10.1 Å². The van der Waals surface area contributed by atoms with Crippen LogP contribution in [0.2, 0.25) is 5.02 Å². The molecule has 1 heterocycles. The standard InChI is InChI=1S/C11H13ClN2O3/c1-3-17-11(16)7(2)14-10(15)8-6-13-5-4-9(8)12/h4-7H,3H2,1-2H3,(H,14,15). The second-order valence-electron chi connectivity index (χ2n) is 3.30. The maximum atomic E-state index is 11.7. The van der Waals surface area contributed by atoms with Crippen LogP contribution in [0.15, 0.2) is 18.5 Å². The zero-order chi connectivity index (χ0) is 12.8. The molecule has 0 aliphatic heterocycles. The van der Waals surface area contributed by atoms with Crippen molar-refractivity contribution in [3.63, 3.8) is 0 Å². The summed E-state index contributed by atoms with van der Waals surface area (Å²) in [7, 11) is 0. The van der Waals surface area contributed by atoms with Crippen molar-refractivity contribution < 1.29 is 14.3 Å². The lowest BCUT2D eigenvalue weighted by Crippen LogP contribution is -2.39. The van der Waals surface area contributed by atoms with Crippen LogP contribution in [0.3, 0.4) is 0 Å². The first-order valence-corrected chi connectivity index (χ1v) is 5.51. The summed E-state index contributed by atoms with van der Waals surface area (Å²) in [5, 5.41) is 2.77. The molecule has 0 aliphatic carbocycles. The molecule has 0 fully saturated rings. The minimum Gasteiger partial charge on any atom is -0.464 e. The van der Waals surface area contributed by atoms with E-state index in [0.717, 1.165) is 0 Å². The van der Waals surface area contributed by atoms with Crippen LogP contribution >= 0.6 is 11.6 Å². The predicted octanol–water partition coefficient (Wildman–Crippen LogP) is 1.42. The Kier molecular flexibility index (Phi) is 4.90. The van der Waals surface area contributed by atoms with Gasteiger partial charge in [0, 0.05) is 12.4 Å². The number of carbonyl (C=O) groups excluding carboxylic acids is 2. The molecule has 0 aromatic carbocycles. The Bertz CT molecular complexity index is 423. The van der Waals surface area contributed by atoms with E-state index in [4.69, 9.17) is 16.3 Å². The zero-order valence-corrected chi connectivity index (χ0v) is 10.3. The average Bonchev–Trinajstić information content (AvgIpc) is 2.29. The highest BCUT2D eigenvalue weighted by atomic mass is 35.5. The Balaban J connectivity index is 2.67. The van der Waals surface area contributed by atoms with E-state index in [0.29, 0.717) is 0 Å². The van der Waals surface area contributed by atoms with Gasteiger partial charge in [-0.25, -0.2) is 4.79 Å². The van der Waals surface area contributed by atoms with Gasteiger partial charge in [-0.15, -0.1) is 0 Å². The van der Waals surface area contributed by atoms with Crippen molar-refractivity contribution >= 4 is 23.5 Å². The van der Waals surface area contributed by atoms with Crippen molar-refractivity contribution in [3.8, 4) is 0 Å². The summed E-state index contributed by atoms with van der Waals surface area (Å²) in [6, 6.07) is 0.782. The summed E-state index contributed by atoms with van der Waals surface area (Å²) in [5.74, 6) is -0.940. The number of esters is 1. The second kappa shape index (κ2) is 6.20. The van der Waals surface area contributed by atoms with Gasteiger partial charge in [-0.1, -0.05) is 11.6 Å². The van der Waals surface area contributed by atoms with E-state index in [1.54, 1.807) is 13.8 Å². The molecule has 1 rings (SSSR count). The van der Waals surface area contributed by atoms with Gasteiger partial charge in [-0.3, -0.25) is 9.78 Å². The van der Waals surface area contributed by atoms with Crippen molar-refractivity contribution in [1.82, 2.24) is 10.3 Å². The second-order valence-corrected chi connectivity index (χ2v) is 3.71. The number of amides is 1. The highest BCUT2D eigenvalue weighted by molar-refractivity contribution is 6.33. The third kappa shape index (κ3) is 3.71. The quantitative estimate of drug-likeness (QED) is 0.828. The van der Waals surface area contributed by atoms with E-state index < -0.39 is 17.9 Å². The summed E-state index contributed by atoms with van der Waals surface area (Å²) < 4.78 is 4.77.